The Morgan fingerprint density at radius 2 is 1.65 bits per heavy atom. The van der Waals surface area contributed by atoms with Crippen molar-refractivity contribution in [2.45, 2.75) is 52.6 Å². The SMILES string of the molecule is CCc1ccc(N(C(=O)C(C)C)C2CCN(Cc3ccc4c(c3)OCCO4)CC2)cc1. The molecule has 0 spiro atoms. The number of ether oxygens (including phenoxy) is 2. The van der Waals surface area contributed by atoms with Crippen LogP contribution >= 0.6 is 0 Å². The Balaban J connectivity index is 1.41. The minimum atomic E-state index is -0.0124. The average molecular weight is 423 g/mol. The van der Waals surface area contributed by atoms with Gasteiger partial charge in [-0.25, -0.2) is 0 Å². The van der Waals surface area contributed by atoms with Crippen LogP contribution < -0.4 is 14.4 Å². The molecule has 5 heteroatoms. The molecule has 2 heterocycles. The number of carbonyl (C=O) groups is 1. The van der Waals surface area contributed by atoms with E-state index in [4.69, 9.17) is 9.47 Å². The third-order valence-corrected chi connectivity index (χ3v) is 6.29. The highest BCUT2D eigenvalue weighted by atomic mass is 16.6. The molecule has 1 amide bonds. The van der Waals surface area contributed by atoms with Crippen molar-refractivity contribution >= 4 is 11.6 Å². The second-order valence-electron chi connectivity index (χ2n) is 8.87. The summed E-state index contributed by atoms with van der Waals surface area (Å²) in [4.78, 5) is 17.6. The zero-order valence-corrected chi connectivity index (χ0v) is 19.0. The number of likely N-dealkylation sites (tertiary alicyclic amines) is 1. The molecule has 4 rings (SSSR count). The maximum atomic E-state index is 13.1. The first-order valence-corrected chi connectivity index (χ1v) is 11.6. The van der Waals surface area contributed by atoms with Gasteiger partial charge in [-0.1, -0.05) is 39.0 Å². The molecule has 2 aliphatic heterocycles. The lowest BCUT2D eigenvalue weighted by molar-refractivity contribution is -0.122. The maximum absolute atomic E-state index is 13.1. The highest BCUT2D eigenvalue weighted by Crippen LogP contribution is 2.32. The van der Waals surface area contributed by atoms with Gasteiger partial charge < -0.3 is 14.4 Å². The molecule has 0 N–H and O–H groups in total. The molecule has 0 radical (unpaired) electrons. The fourth-order valence-electron chi connectivity index (χ4n) is 4.47. The molecule has 2 aromatic rings. The van der Waals surface area contributed by atoms with Gasteiger partial charge in [-0.2, -0.15) is 0 Å². The van der Waals surface area contributed by atoms with Crippen LogP contribution in [0, 0.1) is 5.92 Å². The highest BCUT2D eigenvalue weighted by Gasteiger charge is 2.30. The largest absolute Gasteiger partial charge is 0.486 e. The van der Waals surface area contributed by atoms with Gasteiger partial charge in [0.2, 0.25) is 5.91 Å². The summed E-state index contributed by atoms with van der Waals surface area (Å²) in [7, 11) is 0. The standard InChI is InChI=1S/C26H34N2O3/c1-4-20-5-8-22(9-6-20)28(26(29)19(2)3)23-11-13-27(14-12-23)18-21-7-10-24-25(17-21)31-16-15-30-24/h5-10,17,19,23H,4,11-16,18H2,1-3H3. The van der Waals surface area contributed by atoms with Crippen molar-refractivity contribution in [1.29, 1.82) is 0 Å². The second kappa shape index (κ2) is 9.73. The van der Waals surface area contributed by atoms with E-state index in [1.165, 1.54) is 11.1 Å². The van der Waals surface area contributed by atoms with Crippen molar-refractivity contribution in [3.05, 3.63) is 53.6 Å². The number of hydrogen-bond acceptors (Lipinski definition) is 4. The topological polar surface area (TPSA) is 42.0 Å². The van der Waals surface area contributed by atoms with Crippen LogP contribution in [0.4, 0.5) is 5.69 Å². The number of rotatable bonds is 6. The van der Waals surface area contributed by atoms with E-state index < -0.39 is 0 Å². The number of nitrogens with zero attached hydrogens (tertiary/aromatic N) is 2. The maximum Gasteiger partial charge on any atom is 0.229 e. The quantitative estimate of drug-likeness (QED) is 0.678. The second-order valence-corrected chi connectivity index (χ2v) is 8.87. The van der Waals surface area contributed by atoms with Crippen LogP contribution in [0.25, 0.3) is 0 Å². The van der Waals surface area contributed by atoms with Crippen LogP contribution in [-0.2, 0) is 17.8 Å². The molecule has 1 saturated heterocycles. The third-order valence-electron chi connectivity index (χ3n) is 6.29. The van der Waals surface area contributed by atoms with Gasteiger partial charge in [0.15, 0.2) is 11.5 Å². The number of aryl methyl sites for hydroxylation is 1. The number of carbonyl (C=O) groups excluding carboxylic acids is 1. The van der Waals surface area contributed by atoms with Crippen molar-refractivity contribution in [2.24, 2.45) is 5.92 Å². The zero-order valence-electron chi connectivity index (χ0n) is 19.0. The monoisotopic (exact) mass is 422 g/mol. The summed E-state index contributed by atoms with van der Waals surface area (Å²) in [6.45, 7) is 10.2. The predicted octanol–water partition coefficient (Wildman–Crippen LogP) is 4.67. The number of hydrogen-bond donors (Lipinski definition) is 0. The fraction of sp³-hybridized carbons (Fsp3) is 0.500. The van der Waals surface area contributed by atoms with Crippen LogP contribution in [0.1, 0.15) is 44.7 Å². The average Bonchev–Trinajstić information content (AvgIpc) is 2.80. The van der Waals surface area contributed by atoms with Crippen molar-refractivity contribution in [3.8, 4) is 11.5 Å². The molecule has 5 nitrogen and oxygen atoms in total. The summed E-state index contributed by atoms with van der Waals surface area (Å²) in [5.74, 6) is 1.89. The molecule has 1 fully saturated rings. The molecule has 2 aromatic carbocycles. The molecule has 0 aromatic heterocycles. The van der Waals surface area contributed by atoms with Gasteiger partial charge >= 0.3 is 0 Å². The number of amides is 1. The Morgan fingerprint density at radius 1 is 1.00 bits per heavy atom. The minimum Gasteiger partial charge on any atom is -0.486 e. The molecule has 166 valence electrons. The van der Waals surface area contributed by atoms with Gasteiger partial charge in [-0.05, 0) is 54.7 Å². The molecular weight excluding hydrogens is 388 g/mol. The molecule has 31 heavy (non-hydrogen) atoms. The van der Waals surface area contributed by atoms with E-state index in [-0.39, 0.29) is 17.9 Å². The lowest BCUT2D eigenvalue weighted by atomic mass is 9.99. The Labute approximate surface area is 185 Å². The molecule has 0 unspecified atom stereocenters. The lowest BCUT2D eigenvalue weighted by Gasteiger charge is -2.39. The molecule has 0 atom stereocenters. The normalized spacial score (nSPS) is 17.0. The predicted molar refractivity (Wildman–Crippen MR) is 124 cm³/mol. The van der Waals surface area contributed by atoms with Crippen LogP contribution in [0.15, 0.2) is 42.5 Å². The van der Waals surface area contributed by atoms with Crippen molar-refractivity contribution in [3.63, 3.8) is 0 Å². The summed E-state index contributed by atoms with van der Waals surface area (Å²) >= 11 is 0. The van der Waals surface area contributed by atoms with E-state index in [2.05, 4.69) is 53.1 Å². The smallest absolute Gasteiger partial charge is 0.229 e. The summed E-state index contributed by atoms with van der Waals surface area (Å²) in [5, 5.41) is 0. The van der Waals surface area contributed by atoms with Crippen molar-refractivity contribution in [1.82, 2.24) is 4.90 Å². The molecule has 2 aliphatic rings. The van der Waals surface area contributed by atoms with Gasteiger partial charge in [-0.3, -0.25) is 9.69 Å². The van der Waals surface area contributed by atoms with Crippen LogP contribution in [0.3, 0.4) is 0 Å². The van der Waals surface area contributed by atoms with E-state index in [1.807, 2.05) is 19.9 Å². The van der Waals surface area contributed by atoms with E-state index in [0.29, 0.717) is 13.2 Å². The Kier molecular flexibility index (Phi) is 6.81. The summed E-state index contributed by atoms with van der Waals surface area (Å²) in [6, 6.07) is 15.0. The fourth-order valence-corrected chi connectivity index (χ4v) is 4.47. The summed E-state index contributed by atoms with van der Waals surface area (Å²) in [6.07, 6.45) is 2.98. The van der Waals surface area contributed by atoms with Crippen molar-refractivity contribution in [2.75, 3.05) is 31.2 Å². The van der Waals surface area contributed by atoms with E-state index in [1.54, 1.807) is 0 Å². The molecular formula is C26H34N2O3. The highest BCUT2D eigenvalue weighted by molar-refractivity contribution is 5.95. The van der Waals surface area contributed by atoms with Crippen LogP contribution in [-0.4, -0.2) is 43.2 Å². The first kappa shape index (κ1) is 21.7. The molecule has 0 bridgehead atoms. The van der Waals surface area contributed by atoms with Crippen LogP contribution in [0.2, 0.25) is 0 Å². The number of piperidine rings is 1. The first-order valence-electron chi connectivity index (χ1n) is 11.6. The third kappa shape index (κ3) is 5.04. The zero-order chi connectivity index (χ0) is 21.8. The Bertz CT molecular complexity index is 886. The van der Waals surface area contributed by atoms with Gasteiger partial charge in [0.25, 0.3) is 0 Å². The van der Waals surface area contributed by atoms with Crippen LogP contribution in [0.5, 0.6) is 11.5 Å². The molecule has 0 aliphatic carbocycles. The van der Waals surface area contributed by atoms with Gasteiger partial charge in [-0.15, -0.1) is 0 Å². The number of anilines is 1. The van der Waals surface area contributed by atoms with Gasteiger partial charge in [0, 0.05) is 37.3 Å². The Morgan fingerprint density at radius 3 is 2.29 bits per heavy atom. The summed E-state index contributed by atoms with van der Waals surface area (Å²) in [5.41, 5.74) is 3.57. The summed E-state index contributed by atoms with van der Waals surface area (Å²) < 4.78 is 11.4. The van der Waals surface area contributed by atoms with E-state index >= 15 is 0 Å². The van der Waals surface area contributed by atoms with E-state index in [9.17, 15) is 4.79 Å². The minimum absolute atomic E-state index is 0.0124. The van der Waals surface area contributed by atoms with Gasteiger partial charge in [0.05, 0.1) is 0 Å². The Hall–Kier alpha value is -2.53. The van der Waals surface area contributed by atoms with Gasteiger partial charge in [0.1, 0.15) is 13.2 Å². The first-order chi connectivity index (χ1) is 15.0. The number of fused-ring (bicyclic) bond motifs is 1. The van der Waals surface area contributed by atoms with Crippen molar-refractivity contribution < 1.29 is 14.3 Å². The molecule has 0 saturated carbocycles. The number of benzene rings is 2. The van der Waals surface area contributed by atoms with E-state index in [0.717, 1.165) is 56.1 Å². The lowest BCUT2D eigenvalue weighted by Crippen LogP contribution is -2.48.